The third kappa shape index (κ3) is 4.29. The fourth-order valence-electron chi connectivity index (χ4n) is 2.08. The molecule has 0 aliphatic rings. The van der Waals surface area contributed by atoms with Crippen LogP contribution in [0.25, 0.3) is 0 Å². The SMILES string of the molecule is COc1ccc([C@@H](OCc2ccccc2)[C@H](O)CO)cc1. The summed E-state index contributed by atoms with van der Waals surface area (Å²) in [4.78, 5) is 0. The number of aliphatic hydroxyl groups is 2. The van der Waals surface area contributed by atoms with Gasteiger partial charge in [0.05, 0.1) is 20.3 Å². The second kappa shape index (κ2) is 7.78. The van der Waals surface area contributed by atoms with Gasteiger partial charge < -0.3 is 19.7 Å². The number of hydrogen-bond acceptors (Lipinski definition) is 4. The number of benzene rings is 2. The van der Waals surface area contributed by atoms with E-state index in [4.69, 9.17) is 9.47 Å². The average Bonchev–Trinajstić information content (AvgIpc) is 2.56. The standard InChI is InChI=1S/C17H20O4/c1-20-15-9-7-14(8-10-15)17(16(19)11-18)21-12-13-5-3-2-4-6-13/h2-10,16-19H,11-12H2,1H3/t16-,17-/m1/s1. The molecule has 0 saturated carbocycles. The molecule has 2 aromatic rings. The van der Waals surface area contributed by atoms with Crippen molar-refractivity contribution in [2.75, 3.05) is 13.7 Å². The van der Waals surface area contributed by atoms with Gasteiger partial charge in [-0.25, -0.2) is 0 Å². The van der Waals surface area contributed by atoms with Crippen LogP contribution in [0.1, 0.15) is 17.2 Å². The van der Waals surface area contributed by atoms with Crippen LogP contribution in [0, 0.1) is 0 Å². The molecule has 0 radical (unpaired) electrons. The van der Waals surface area contributed by atoms with Crippen molar-refractivity contribution < 1.29 is 19.7 Å². The minimum Gasteiger partial charge on any atom is -0.497 e. The van der Waals surface area contributed by atoms with Gasteiger partial charge >= 0.3 is 0 Å². The minimum atomic E-state index is -0.970. The average molecular weight is 288 g/mol. The monoisotopic (exact) mass is 288 g/mol. The summed E-state index contributed by atoms with van der Waals surface area (Å²) in [6.45, 7) is 0.0140. The molecule has 2 N–H and O–H groups in total. The van der Waals surface area contributed by atoms with Crippen LogP contribution in [0.4, 0.5) is 0 Å². The summed E-state index contributed by atoms with van der Waals surface area (Å²) in [5.74, 6) is 0.735. The molecule has 2 rings (SSSR count). The van der Waals surface area contributed by atoms with Gasteiger partial charge in [0.15, 0.2) is 0 Å². The fraction of sp³-hybridized carbons (Fsp3) is 0.294. The van der Waals surface area contributed by atoms with Crippen LogP contribution in [0.2, 0.25) is 0 Å². The Morgan fingerprint density at radius 2 is 1.67 bits per heavy atom. The van der Waals surface area contributed by atoms with Gasteiger partial charge in [0, 0.05) is 0 Å². The second-order valence-corrected chi connectivity index (χ2v) is 4.74. The number of rotatable bonds is 7. The Hall–Kier alpha value is -1.88. The molecule has 21 heavy (non-hydrogen) atoms. The molecule has 0 aliphatic carbocycles. The summed E-state index contributed by atoms with van der Waals surface area (Å²) in [7, 11) is 1.60. The molecule has 0 spiro atoms. The Morgan fingerprint density at radius 3 is 2.24 bits per heavy atom. The Morgan fingerprint density at radius 1 is 1.00 bits per heavy atom. The summed E-state index contributed by atoms with van der Waals surface area (Å²) < 4.78 is 10.9. The summed E-state index contributed by atoms with van der Waals surface area (Å²) in [5, 5.41) is 19.2. The zero-order valence-electron chi connectivity index (χ0n) is 12.0. The maximum absolute atomic E-state index is 9.97. The first-order valence-electron chi connectivity index (χ1n) is 6.83. The van der Waals surface area contributed by atoms with Crippen molar-refractivity contribution in [2.45, 2.75) is 18.8 Å². The highest BCUT2D eigenvalue weighted by Crippen LogP contribution is 2.25. The van der Waals surface area contributed by atoms with E-state index in [1.165, 1.54) is 0 Å². The van der Waals surface area contributed by atoms with E-state index in [1.807, 2.05) is 42.5 Å². The molecular weight excluding hydrogens is 268 g/mol. The number of hydrogen-bond donors (Lipinski definition) is 2. The molecule has 0 saturated heterocycles. The first kappa shape index (κ1) is 15.5. The van der Waals surface area contributed by atoms with Crippen molar-refractivity contribution in [3.05, 3.63) is 65.7 Å². The topological polar surface area (TPSA) is 58.9 Å². The first-order valence-corrected chi connectivity index (χ1v) is 6.83. The van der Waals surface area contributed by atoms with Crippen molar-refractivity contribution in [3.63, 3.8) is 0 Å². The molecule has 2 atom stereocenters. The highest BCUT2D eigenvalue weighted by atomic mass is 16.5. The number of aliphatic hydroxyl groups excluding tert-OH is 2. The maximum atomic E-state index is 9.97. The molecule has 0 amide bonds. The van der Waals surface area contributed by atoms with E-state index in [0.29, 0.717) is 6.61 Å². The van der Waals surface area contributed by atoms with Crippen molar-refractivity contribution in [3.8, 4) is 5.75 Å². The maximum Gasteiger partial charge on any atom is 0.118 e. The predicted molar refractivity (Wildman–Crippen MR) is 80.1 cm³/mol. The summed E-state index contributed by atoms with van der Waals surface area (Å²) >= 11 is 0. The largest absolute Gasteiger partial charge is 0.497 e. The van der Waals surface area contributed by atoms with E-state index in [2.05, 4.69) is 0 Å². The molecule has 0 aromatic heterocycles. The number of ether oxygens (including phenoxy) is 2. The zero-order chi connectivity index (χ0) is 15.1. The zero-order valence-corrected chi connectivity index (χ0v) is 12.0. The summed E-state index contributed by atoms with van der Waals surface area (Å²) in [6, 6.07) is 17.0. The lowest BCUT2D eigenvalue weighted by Gasteiger charge is -2.22. The van der Waals surface area contributed by atoms with Gasteiger partial charge in [0.1, 0.15) is 18.0 Å². The van der Waals surface area contributed by atoms with Crippen LogP contribution in [0.3, 0.4) is 0 Å². The van der Waals surface area contributed by atoms with Crippen LogP contribution >= 0.6 is 0 Å². The molecule has 2 aromatic carbocycles. The highest BCUT2D eigenvalue weighted by molar-refractivity contribution is 5.29. The molecule has 0 bridgehead atoms. The Bertz CT molecular complexity index is 524. The van der Waals surface area contributed by atoms with Gasteiger partial charge in [-0.2, -0.15) is 0 Å². The first-order chi connectivity index (χ1) is 10.2. The second-order valence-electron chi connectivity index (χ2n) is 4.74. The normalized spacial score (nSPS) is 13.7. The molecule has 0 unspecified atom stereocenters. The van der Waals surface area contributed by atoms with E-state index in [1.54, 1.807) is 19.2 Å². The quantitative estimate of drug-likeness (QED) is 0.821. The molecule has 4 heteroatoms. The van der Waals surface area contributed by atoms with Gasteiger partial charge in [0.2, 0.25) is 0 Å². The highest BCUT2D eigenvalue weighted by Gasteiger charge is 2.21. The molecule has 0 fully saturated rings. The third-order valence-electron chi connectivity index (χ3n) is 3.25. The van der Waals surface area contributed by atoms with Gasteiger partial charge in [-0.05, 0) is 23.3 Å². The van der Waals surface area contributed by atoms with Crippen LogP contribution < -0.4 is 4.74 Å². The molecule has 4 nitrogen and oxygen atoms in total. The van der Waals surface area contributed by atoms with Crippen LogP contribution in [-0.4, -0.2) is 30.0 Å². The Balaban J connectivity index is 2.10. The van der Waals surface area contributed by atoms with Gasteiger partial charge in [0.25, 0.3) is 0 Å². The molecule has 0 heterocycles. The minimum absolute atomic E-state index is 0.356. The molecule has 112 valence electrons. The predicted octanol–water partition coefficient (Wildman–Crippen LogP) is 2.31. The van der Waals surface area contributed by atoms with E-state index in [0.717, 1.165) is 16.9 Å². The van der Waals surface area contributed by atoms with E-state index >= 15 is 0 Å². The summed E-state index contributed by atoms with van der Waals surface area (Å²) in [6.07, 6.45) is -1.55. The van der Waals surface area contributed by atoms with Crippen LogP contribution in [0.5, 0.6) is 5.75 Å². The molecule has 0 aliphatic heterocycles. The smallest absolute Gasteiger partial charge is 0.118 e. The van der Waals surface area contributed by atoms with Gasteiger partial charge in [-0.15, -0.1) is 0 Å². The van der Waals surface area contributed by atoms with Crippen molar-refractivity contribution in [1.29, 1.82) is 0 Å². The van der Waals surface area contributed by atoms with Gasteiger partial charge in [-0.3, -0.25) is 0 Å². The van der Waals surface area contributed by atoms with E-state index in [-0.39, 0.29) is 6.61 Å². The van der Waals surface area contributed by atoms with E-state index < -0.39 is 12.2 Å². The van der Waals surface area contributed by atoms with Crippen molar-refractivity contribution >= 4 is 0 Å². The lowest BCUT2D eigenvalue weighted by molar-refractivity contribution is -0.0672. The Kier molecular flexibility index (Phi) is 5.75. The van der Waals surface area contributed by atoms with Gasteiger partial charge in [-0.1, -0.05) is 42.5 Å². The van der Waals surface area contributed by atoms with Crippen LogP contribution in [-0.2, 0) is 11.3 Å². The number of methoxy groups -OCH3 is 1. The molecular formula is C17H20O4. The fourth-order valence-corrected chi connectivity index (χ4v) is 2.08. The summed E-state index contributed by atoms with van der Waals surface area (Å²) in [5.41, 5.74) is 1.81. The van der Waals surface area contributed by atoms with E-state index in [9.17, 15) is 10.2 Å². The Labute approximate surface area is 124 Å². The lowest BCUT2D eigenvalue weighted by Crippen LogP contribution is -2.24. The lowest BCUT2D eigenvalue weighted by atomic mass is 10.0. The van der Waals surface area contributed by atoms with Crippen molar-refractivity contribution in [2.24, 2.45) is 0 Å². The third-order valence-corrected chi connectivity index (χ3v) is 3.25. The van der Waals surface area contributed by atoms with Crippen molar-refractivity contribution in [1.82, 2.24) is 0 Å². The van der Waals surface area contributed by atoms with Crippen LogP contribution in [0.15, 0.2) is 54.6 Å².